The van der Waals surface area contributed by atoms with E-state index in [-0.39, 0.29) is 16.7 Å². The van der Waals surface area contributed by atoms with Crippen LogP contribution in [0.5, 0.6) is 0 Å². The molecule has 0 spiro atoms. The van der Waals surface area contributed by atoms with E-state index in [9.17, 15) is 9.59 Å². The number of amides is 1. The van der Waals surface area contributed by atoms with Gasteiger partial charge >= 0.3 is 0 Å². The number of aromatic nitrogens is 2. The predicted molar refractivity (Wildman–Crippen MR) is 99.6 cm³/mol. The fraction of sp³-hybridized carbons (Fsp3) is 0.353. The Kier molecular flexibility index (Phi) is 5.30. The lowest BCUT2D eigenvalue weighted by molar-refractivity contribution is -0.115. The van der Waals surface area contributed by atoms with Crippen LogP contribution in [0.1, 0.15) is 30.2 Å². The molecule has 1 aliphatic rings. The molecule has 24 heavy (non-hydrogen) atoms. The first-order valence-corrected chi connectivity index (χ1v) is 9.84. The summed E-state index contributed by atoms with van der Waals surface area (Å²) >= 11 is 3.00. The number of hydrogen-bond donors (Lipinski definition) is 2. The first kappa shape index (κ1) is 17.1. The standard InChI is InChI=1S/C17H19N3O2S2/c1-3-14(16(22)18-11-6-4-5-10(2)7-11)24-17-19-13-9-23-8-12(13)15(21)20-17/h4-7,14H,3,8-9H2,1-2H3,(H,18,22)(H,19,20,21). The average Bonchev–Trinajstić information content (AvgIpc) is 3.01. The number of fused-ring (bicyclic) bond motifs is 1. The summed E-state index contributed by atoms with van der Waals surface area (Å²) in [4.78, 5) is 31.9. The molecular weight excluding hydrogens is 342 g/mol. The average molecular weight is 361 g/mol. The molecule has 3 rings (SSSR count). The van der Waals surface area contributed by atoms with Crippen LogP contribution in [0.2, 0.25) is 0 Å². The van der Waals surface area contributed by atoms with Gasteiger partial charge in [0, 0.05) is 22.8 Å². The third kappa shape index (κ3) is 3.84. The van der Waals surface area contributed by atoms with E-state index in [4.69, 9.17) is 0 Å². The summed E-state index contributed by atoms with van der Waals surface area (Å²) in [6.07, 6.45) is 0.651. The summed E-state index contributed by atoms with van der Waals surface area (Å²) in [5.41, 5.74) is 3.41. The highest BCUT2D eigenvalue weighted by Gasteiger charge is 2.22. The van der Waals surface area contributed by atoms with E-state index >= 15 is 0 Å². The minimum absolute atomic E-state index is 0.0781. The zero-order valence-corrected chi connectivity index (χ0v) is 15.2. The number of benzene rings is 1. The summed E-state index contributed by atoms with van der Waals surface area (Å²) in [7, 11) is 0. The monoisotopic (exact) mass is 361 g/mol. The Labute approximate surface area is 149 Å². The molecule has 0 radical (unpaired) electrons. The molecule has 0 saturated carbocycles. The van der Waals surface area contributed by atoms with Gasteiger partial charge in [-0.15, -0.1) is 0 Å². The van der Waals surface area contributed by atoms with Crippen LogP contribution in [0.3, 0.4) is 0 Å². The van der Waals surface area contributed by atoms with Crippen molar-refractivity contribution >= 4 is 35.1 Å². The van der Waals surface area contributed by atoms with Gasteiger partial charge in [-0.3, -0.25) is 9.59 Å². The lowest BCUT2D eigenvalue weighted by Gasteiger charge is -2.14. The van der Waals surface area contributed by atoms with Gasteiger partial charge in [-0.2, -0.15) is 11.8 Å². The Morgan fingerprint density at radius 3 is 3.04 bits per heavy atom. The van der Waals surface area contributed by atoms with Crippen LogP contribution < -0.4 is 10.9 Å². The number of aryl methyl sites for hydroxylation is 1. The number of carbonyl (C=O) groups is 1. The number of hydrogen-bond acceptors (Lipinski definition) is 5. The Morgan fingerprint density at radius 2 is 2.29 bits per heavy atom. The zero-order valence-electron chi connectivity index (χ0n) is 13.6. The van der Waals surface area contributed by atoms with Crippen molar-refractivity contribution in [2.45, 2.75) is 42.2 Å². The molecular formula is C17H19N3O2S2. The summed E-state index contributed by atoms with van der Waals surface area (Å²) in [5, 5.41) is 3.15. The van der Waals surface area contributed by atoms with Crippen LogP contribution in [-0.2, 0) is 16.3 Å². The number of nitrogens with one attached hydrogen (secondary N) is 2. The molecule has 2 heterocycles. The van der Waals surface area contributed by atoms with Crippen molar-refractivity contribution in [3.05, 3.63) is 51.4 Å². The van der Waals surface area contributed by atoms with Gasteiger partial charge in [0.15, 0.2) is 5.16 Å². The fourth-order valence-corrected chi connectivity index (χ4v) is 4.45. The number of nitrogens with zero attached hydrogens (tertiary/aromatic N) is 1. The minimum atomic E-state index is -0.305. The van der Waals surface area contributed by atoms with Crippen LogP contribution in [0.4, 0.5) is 5.69 Å². The second kappa shape index (κ2) is 7.44. The second-order valence-electron chi connectivity index (χ2n) is 5.66. The van der Waals surface area contributed by atoms with Crippen LogP contribution in [-0.4, -0.2) is 21.1 Å². The second-order valence-corrected chi connectivity index (χ2v) is 7.84. The van der Waals surface area contributed by atoms with Gasteiger partial charge < -0.3 is 10.3 Å². The number of aromatic amines is 1. The molecule has 2 N–H and O–H groups in total. The van der Waals surface area contributed by atoms with Gasteiger partial charge in [0.25, 0.3) is 5.56 Å². The maximum atomic E-state index is 12.5. The van der Waals surface area contributed by atoms with Crippen molar-refractivity contribution in [2.24, 2.45) is 0 Å². The van der Waals surface area contributed by atoms with Crippen molar-refractivity contribution in [3.8, 4) is 0 Å². The van der Waals surface area contributed by atoms with E-state index in [0.29, 0.717) is 17.3 Å². The molecule has 126 valence electrons. The maximum Gasteiger partial charge on any atom is 0.255 e. The van der Waals surface area contributed by atoms with E-state index in [2.05, 4.69) is 15.3 Å². The molecule has 2 aromatic rings. The third-order valence-corrected chi connectivity index (χ3v) is 5.99. The Hall–Kier alpha value is -1.73. The van der Waals surface area contributed by atoms with Crippen LogP contribution in [0.15, 0.2) is 34.2 Å². The first-order valence-electron chi connectivity index (χ1n) is 7.81. The Bertz CT molecular complexity index is 820. The fourth-order valence-electron chi connectivity index (χ4n) is 2.50. The summed E-state index contributed by atoms with van der Waals surface area (Å²) < 4.78 is 0. The van der Waals surface area contributed by atoms with Crippen molar-refractivity contribution in [2.75, 3.05) is 5.32 Å². The molecule has 1 aliphatic heterocycles. The van der Waals surface area contributed by atoms with Gasteiger partial charge in [-0.25, -0.2) is 4.98 Å². The Morgan fingerprint density at radius 1 is 1.46 bits per heavy atom. The van der Waals surface area contributed by atoms with Crippen LogP contribution >= 0.6 is 23.5 Å². The number of anilines is 1. The van der Waals surface area contributed by atoms with Gasteiger partial charge in [-0.05, 0) is 31.0 Å². The van der Waals surface area contributed by atoms with Crippen molar-refractivity contribution in [1.29, 1.82) is 0 Å². The van der Waals surface area contributed by atoms with Gasteiger partial charge in [0.05, 0.1) is 10.9 Å². The first-order chi connectivity index (χ1) is 11.6. The SMILES string of the molecule is CCC(Sc1nc2c(c(=O)[nH]1)CSC2)C(=O)Nc1cccc(C)c1. The summed E-state index contributed by atoms with van der Waals surface area (Å²) in [6, 6.07) is 7.70. The molecule has 7 heteroatoms. The van der Waals surface area contributed by atoms with Crippen molar-refractivity contribution in [1.82, 2.24) is 9.97 Å². The van der Waals surface area contributed by atoms with Crippen LogP contribution in [0, 0.1) is 6.92 Å². The molecule has 1 aromatic carbocycles. The number of carbonyl (C=O) groups excluding carboxylic acids is 1. The summed E-state index contributed by atoms with van der Waals surface area (Å²) in [5.74, 6) is 1.40. The van der Waals surface area contributed by atoms with Gasteiger partial charge in [0.1, 0.15) is 0 Å². The largest absolute Gasteiger partial charge is 0.325 e. The van der Waals surface area contributed by atoms with E-state index in [1.165, 1.54) is 11.8 Å². The van der Waals surface area contributed by atoms with Crippen LogP contribution in [0.25, 0.3) is 0 Å². The number of rotatable bonds is 5. The summed E-state index contributed by atoms with van der Waals surface area (Å²) in [6.45, 7) is 3.94. The highest BCUT2D eigenvalue weighted by Crippen LogP contribution is 2.29. The molecule has 5 nitrogen and oxygen atoms in total. The van der Waals surface area contributed by atoms with Gasteiger partial charge in [-0.1, -0.05) is 30.8 Å². The molecule has 0 aliphatic carbocycles. The normalized spacial score (nSPS) is 14.2. The molecule has 1 aromatic heterocycles. The Balaban J connectivity index is 1.74. The lowest BCUT2D eigenvalue weighted by atomic mass is 10.2. The smallest absolute Gasteiger partial charge is 0.255 e. The van der Waals surface area contributed by atoms with E-state index in [0.717, 1.165) is 28.3 Å². The highest BCUT2D eigenvalue weighted by molar-refractivity contribution is 8.00. The molecule has 1 amide bonds. The zero-order chi connectivity index (χ0) is 17.1. The van der Waals surface area contributed by atoms with Crippen molar-refractivity contribution < 1.29 is 4.79 Å². The molecule has 0 bridgehead atoms. The quantitative estimate of drug-likeness (QED) is 0.631. The topological polar surface area (TPSA) is 74.8 Å². The molecule has 1 unspecified atom stereocenters. The number of H-pyrrole nitrogens is 1. The minimum Gasteiger partial charge on any atom is -0.325 e. The van der Waals surface area contributed by atoms with E-state index in [1.54, 1.807) is 11.8 Å². The van der Waals surface area contributed by atoms with E-state index in [1.807, 2.05) is 38.1 Å². The molecule has 0 saturated heterocycles. The number of thioether (sulfide) groups is 2. The van der Waals surface area contributed by atoms with Gasteiger partial charge in [0.2, 0.25) is 5.91 Å². The molecule has 0 fully saturated rings. The van der Waals surface area contributed by atoms with E-state index < -0.39 is 0 Å². The predicted octanol–water partition coefficient (Wildman–Crippen LogP) is 3.33. The molecule has 1 atom stereocenters. The maximum absolute atomic E-state index is 12.5. The third-order valence-electron chi connectivity index (χ3n) is 3.77. The highest BCUT2D eigenvalue weighted by atomic mass is 32.2. The van der Waals surface area contributed by atoms with Crippen molar-refractivity contribution in [3.63, 3.8) is 0 Å². The lowest BCUT2D eigenvalue weighted by Crippen LogP contribution is -2.25.